The summed E-state index contributed by atoms with van der Waals surface area (Å²) in [5.74, 6) is 1.62. The summed E-state index contributed by atoms with van der Waals surface area (Å²) in [6.07, 6.45) is 9.69. The summed E-state index contributed by atoms with van der Waals surface area (Å²) in [6.45, 7) is 4.01. The molecule has 1 radical (unpaired) electrons. The second-order valence-electron chi connectivity index (χ2n) is 5.25. The number of ether oxygens (including phenoxy) is 1. The first-order valence-corrected chi connectivity index (χ1v) is 7.29. The standard InChI is InChI=1S/C14H21N4O/c1-2-8-18(9-3-1)13-10-17-14(11-16-13)19-12-4-6-15-7-5-12/h10-12H,1-9H2. The molecular weight excluding hydrogens is 240 g/mol. The van der Waals surface area contributed by atoms with E-state index < -0.39 is 0 Å². The molecule has 0 spiro atoms. The van der Waals surface area contributed by atoms with Gasteiger partial charge in [-0.15, -0.1) is 0 Å². The molecule has 0 atom stereocenters. The fourth-order valence-electron chi connectivity index (χ4n) is 2.67. The van der Waals surface area contributed by atoms with Crippen LogP contribution in [0.3, 0.4) is 0 Å². The van der Waals surface area contributed by atoms with E-state index in [1.165, 1.54) is 19.3 Å². The molecule has 103 valence electrons. The van der Waals surface area contributed by atoms with Gasteiger partial charge >= 0.3 is 0 Å². The normalized spacial score (nSPS) is 21.4. The molecule has 0 N–H and O–H groups in total. The van der Waals surface area contributed by atoms with E-state index in [-0.39, 0.29) is 6.10 Å². The Morgan fingerprint density at radius 3 is 2.47 bits per heavy atom. The van der Waals surface area contributed by atoms with Crippen molar-refractivity contribution in [3.63, 3.8) is 0 Å². The van der Waals surface area contributed by atoms with Crippen molar-refractivity contribution in [2.45, 2.75) is 38.2 Å². The molecule has 5 nitrogen and oxygen atoms in total. The summed E-state index contributed by atoms with van der Waals surface area (Å²) >= 11 is 0. The molecule has 3 rings (SSSR count). The summed E-state index contributed by atoms with van der Waals surface area (Å²) in [7, 11) is 0. The Labute approximate surface area is 114 Å². The van der Waals surface area contributed by atoms with Crippen LogP contribution in [-0.4, -0.2) is 42.3 Å². The summed E-state index contributed by atoms with van der Waals surface area (Å²) in [5, 5.41) is 4.32. The van der Waals surface area contributed by atoms with Crippen molar-refractivity contribution in [3.05, 3.63) is 12.4 Å². The number of anilines is 1. The van der Waals surface area contributed by atoms with Crippen LogP contribution in [0.25, 0.3) is 0 Å². The highest BCUT2D eigenvalue weighted by molar-refractivity contribution is 5.36. The van der Waals surface area contributed by atoms with Gasteiger partial charge < -0.3 is 9.64 Å². The molecule has 0 aliphatic carbocycles. The third kappa shape index (κ3) is 3.35. The fourth-order valence-corrected chi connectivity index (χ4v) is 2.67. The van der Waals surface area contributed by atoms with Crippen LogP contribution in [0.5, 0.6) is 5.88 Å². The largest absolute Gasteiger partial charge is 0.473 e. The lowest BCUT2D eigenvalue weighted by Gasteiger charge is -2.27. The van der Waals surface area contributed by atoms with Crippen molar-refractivity contribution in [1.82, 2.24) is 15.3 Å². The molecule has 19 heavy (non-hydrogen) atoms. The molecule has 2 aliphatic rings. The van der Waals surface area contributed by atoms with Gasteiger partial charge in [-0.25, -0.2) is 15.3 Å². The first-order chi connectivity index (χ1) is 9.42. The van der Waals surface area contributed by atoms with Gasteiger partial charge in [0.25, 0.3) is 0 Å². The third-order valence-electron chi connectivity index (χ3n) is 3.80. The maximum Gasteiger partial charge on any atom is 0.232 e. The van der Waals surface area contributed by atoms with Crippen LogP contribution in [-0.2, 0) is 0 Å². The zero-order chi connectivity index (χ0) is 12.9. The summed E-state index contributed by atoms with van der Waals surface area (Å²) in [4.78, 5) is 11.2. The molecule has 2 saturated heterocycles. The van der Waals surface area contributed by atoms with E-state index in [0.717, 1.165) is 44.8 Å². The van der Waals surface area contributed by atoms with Gasteiger partial charge in [0.1, 0.15) is 11.9 Å². The van der Waals surface area contributed by atoms with Gasteiger partial charge in [-0.2, -0.15) is 0 Å². The second kappa shape index (κ2) is 6.19. The molecule has 3 heterocycles. The lowest BCUT2D eigenvalue weighted by molar-refractivity contribution is 0.154. The molecule has 2 aliphatic heterocycles. The average Bonchev–Trinajstić information content (AvgIpc) is 2.50. The molecule has 0 saturated carbocycles. The predicted octanol–water partition coefficient (Wildman–Crippen LogP) is 1.61. The number of piperidine rings is 2. The van der Waals surface area contributed by atoms with Crippen molar-refractivity contribution in [2.24, 2.45) is 0 Å². The first kappa shape index (κ1) is 12.7. The Kier molecular flexibility index (Phi) is 4.13. The van der Waals surface area contributed by atoms with E-state index in [4.69, 9.17) is 4.74 Å². The van der Waals surface area contributed by atoms with Crippen molar-refractivity contribution in [3.8, 4) is 5.88 Å². The van der Waals surface area contributed by atoms with Crippen LogP contribution in [0.1, 0.15) is 32.1 Å². The number of nitrogens with zero attached hydrogens (tertiary/aromatic N) is 4. The zero-order valence-electron chi connectivity index (χ0n) is 11.3. The number of hydrogen-bond donors (Lipinski definition) is 0. The maximum absolute atomic E-state index is 5.85. The minimum atomic E-state index is 0.257. The molecule has 2 fully saturated rings. The monoisotopic (exact) mass is 261 g/mol. The van der Waals surface area contributed by atoms with Gasteiger partial charge in [0, 0.05) is 26.2 Å². The van der Waals surface area contributed by atoms with Crippen LogP contribution in [0.15, 0.2) is 12.4 Å². The van der Waals surface area contributed by atoms with Gasteiger partial charge in [-0.1, -0.05) is 0 Å². The quantitative estimate of drug-likeness (QED) is 0.829. The summed E-state index contributed by atoms with van der Waals surface area (Å²) < 4.78 is 5.85. The number of aromatic nitrogens is 2. The Bertz CT molecular complexity index is 383. The van der Waals surface area contributed by atoms with E-state index in [9.17, 15) is 0 Å². The number of rotatable bonds is 3. The highest BCUT2D eigenvalue weighted by atomic mass is 16.5. The first-order valence-electron chi connectivity index (χ1n) is 7.29. The lowest BCUT2D eigenvalue weighted by atomic mass is 10.1. The molecule has 0 aromatic carbocycles. The second-order valence-corrected chi connectivity index (χ2v) is 5.25. The molecule has 0 bridgehead atoms. The van der Waals surface area contributed by atoms with Gasteiger partial charge in [0.05, 0.1) is 12.4 Å². The minimum absolute atomic E-state index is 0.257. The van der Waals surface area contributed by atoms with Crippen LogP contribution < -0.4 is 15.0 Å². The van der Waals surface area contributed by atoms with Gasteiger partial charge in [0.15, 0.2) is 0 Å². The average molecular weight is 261 g/mol. The maximum atomic E-state index is 5.85. The lowest BCUT2D eigenvalue weighted by Crippen LogP contribution is -2.31. The van der Waals surface area contributed by atoms with E-state index >= 15 is 0 Å². The fraction of sp³-hybridized carbons (Fsp3) is 0.714. The van der Waals surface area contributed by atoms with Crippen LogP contribution in [0.4, 0.5) is 5.82 Å². The van der Waals surface area contributed by atoms with E-state index in [0.29, 0.717) is 5.88 Å². The molecular formula is C14H21N4O. The molecule has 5 heteroatoms. The predicted molar refractivity (Wildman–Crippen MR) is 73.6 cm³/mol. The Balaban J connectivity index is 1.58. The van der Waals surface area contributed by atoms with Gasteiger partial charge in [-0.05, 0) is 32.1 Å². The zero-order valence-corrected chi connectivity index (χ0v) is 11.3. The van der Waals surface area contributed by atoms with E-state index in [1.54, 1.807) is 6.20 Å². The van der Waals surface area contributed by atoms with Crippen LogP contribution in [0.2, 0.25) is 0 Å². The molecule has 1 aromatic rings. The Morgan fingerprint density at radius 1 is 1.00 bits per heavy atom. The Hall–Kier alpha value is -1.36. The molecule has 0 amide bonds. The summed E-state index contributed by atoms with van der Waals surface area (Å²) in [6, 6.07) is 0. The number of hydrogen-bond acceptors (Lipinski definition) is 4. The van der Waals surface area contributed by atoms with Crippen LogP contribution in [0, 0.1) is 0 Å². The van der Waals surface area contributed by atoms with Gasteiger partial charge in [-0.3, -0.25) is 0 Å². The van der Waals surface area contributed by atoms with Gasteiger partial charge in [0.2, 0.25) is 5.88 Å². The SMILES string of the molecule is c1nc(N2CCCCC2)cnc1OC1CC[N]CC1. The highest BCUT2D eigenvalue weighted by Crippen LogP contribution is 2.19. The van der Waals surface area contributed by atoms with Crippen molar-refractivity contribution < 1.29 is 4.74 Å². The van der Waals surface area contributed by atoms with Crippen LogP contribution >= 0.6 is 0 Å². The van der Waals surface area contributed by atoms with E-state index in [1.807, 2.05) is 6.20 Å². The molecule has 1 aromatic heterocycles. The van der Waals surface area contributed by atoms with Crippen molar-refractivity contribution in [1.29, 1.82) is 0 Å². The smallest absolute Gasteiger partial charge is 0.232 e. The molecule has 0 unspecified atom stereocenters. The summed E-state index contributed by atoms with van der Waals surface area (Å²) in [5.41, 5.74) is 0. The topological polar surface area (TPSA) is 52.4 Å². The Morgan fingerprint density at radius 2 is 1.79 bits per heavy atom. The highest BCUT2D eigenvalue weighted by Gasteiger charge is 2.17. The third-order valence-corrected chi connectivity index (χ3v) is 3.80. The van der Waals surface area contributed by atoms with Crippen molar-refractivity contribution >= 4 is 5.82 Å². The van der Waals surface area contributed by atoms with E-state index in [2.05, 4.69) is 20.2 Å². The van der Waals surface area contributed by atoms with Crippen molar-refractivity contribution in [2.75, 3.05) is 31.1 Å². The minimum Gasteiger partial charge on any atom is -0.473 e.